The minimum Gasteiger partial charge on any atom is -0.497 e. The van der Waals surface area contributed by atoms with Crippen molar-refractivity contribution < 1.29 is 9.53 Å². The normalized spacial score (nSPS) is 15.4. The first-order valence-corrected chi connectivity index (χ1v) is 12.1. The van der Waals surface area contributed by atoms with E-state index in [1.165, 1.54) is 43.9 Å². The van der Waals surface area contributed by atoms with Crippen molar-refractivity contribution in [3.05, 3.63) is 58.9 Å². The molecule has 1 aromatic heterocycles. The molecule has 2 aromatic carbocycles. The van der Waals surface area contributed by atoms with Crippen LogP contribution in [0.15, 0.2) is 58.5 Å². The van der Waals surface area contributed by atoms with Crippen LogP contribution in [0.5, 0.6) is 5.75 Å². The molecule has 1 aliphatic rings. The van der Waals surface area contributed by atoms with Gasteiger partial charge in [-0.15, -0.1) is 0 Å². The number of carbonyl (C=O) groups excluding carboxylic acids is 1. The zero-order valence-electron chi connectivity index (χ0n) is 18.5. The zero-order chi connectivity index (χ0) is 22.5. The average molecular weight is 452 g/mol. The maximum atomic E-state index is 13.4. The number of methoxy groups -OCH3 is 1. The third kappa shape index (κ3) is 4.99. The minimum atomic E-state index is -0.386. The summed E-state index contributed by atoms with van der Waals surface area (Å²) in [7, 11) is 1.59. The Morgan fingerprint density at radius 1 is 1.19 bits per heavy atom. The van der Waals surface area contributed by atoms with Gasteiger partial charge < -0.3 is 10.1 Å². The van der Waals surface area contributed by atoms with Crippen LogP contribution >= 0.6 is 11.8 Å². The topological polar surface area (TPSA) is 73.2 Å². The standard InChI is InChI=1S/C25H29N3O3S/c1-17(23(29)26-16-18-9-4-3-5-10-18)32-25-27-22-14-7-6-13-21(22)24(30)28(25)19-11-8-12-20(15-19)31-2/h6-8,11-15,17-18H,3-5,9-10,16H2,1-2H3,(H,26,29)/t17-/m1/s1. The van der Waals surface area contributed by atoms with E-state index in [1.54, 1.807) is 23.8 Å². The van der Waals surface area contributed by atoms with Gasteiger partial charge in [-0.2, -0.15) is 0 Å². The van der Waals surface area contributed by atoms with Gasteiger partial charge in [0, 0.05) is 12.6 Å². The predicted molar refractivity (Wildman–Crippen MR) is 129 cm³/mol. The maximum Gasteiger partial charge on any atom is 0.266 e. The van der Waals surface area contributed by atoms with E-state index in [-0.39, 0.29) is 16.7 Å². The van der Waals surface area contributed by atoms with E-state index in [1.807, 2.05) is 43.3 Å². The second-order valence-corrected chi connectivity index (χ2v) is 9.57. The van der Waals surface area contributed by atoms with Gasteiger partial charge in [-0.1, -0.05) is 49.2 Å². The van der Waals surface area contributed by atoms with Gasteiger partial charge in [0.2, 0.25) is 5.91 Å². The summed E-state index contributed by atoms with van der Waals surface area (Å²) in [4.78, 5) is 31.0. The lowest BCUT2D eigenvalue weighted by Crippen LogP contribution is -2.35. The van der Waals surface area contributed by atoms with Gasteiger partial charge in [0.1, 0.15) is 5.75 Å². The van der Waals surface area contributed by atoms with Crippen molar-refractivity contribution in [1.29, 1.82) is 0 Å². The van der Waals surface area contributed by atoms with Gasteiger partial charge >= 0.3 is 0 Å². The van der Waals surface area contributed by atoms with E-state index >= 15 is 0 Å². The van der Waals surface area contributed by atoms with Crippen LogP contribution in [0.3, 0.4) is 0 Å². The van der Waals surface area contributed by atoms with Crippen molar-refractivity contribution in [2.45, 2.75) is 49.4 Å². The maximum absolute atomic E-state index is 13.4. The molecule has 0 saturated heterocycles. The molecule has 168 valence electrons. The summed E-state index contributed by atoms with van der Waals surface area (Å²) in [5.74, 6) is 1.19. The fraction of sp³-hybridized carbons (Fsp3) is 0.400. The van der Waals surface area contributed by atoms with Crippen LogP contribution in [0.2, 0.25) is 0 Å². The third-order valence-corrected chi connectivity index (χ3v) is 7.05. The molecule has 32 heavy (non-hydrogen) atoms. The largest absolute Gasteiger partial charge is 0.497 e. The molecule has 7 heteroatoms. The number of nitrogens with zero attached hydrogens (tertiary/aromatic N) is 2. The van der Waals surface area contributed by atoms with Gasteiger partial charge in [0.15, 0.2) is 5.16 Å². The lowest BCUT2D eigenvalue weighted by atomic mass is 9.89. The van der Waals surface area contributed by atoms with Gasteiger partial charge in [0.25, 0.3) is 5.56 Å². The number of benzene rings is 2. The van der Waals surface area contributed by atoms with E-state index < -0.39 is 0 Å². The van der Waals surface area contributed by atoms with Crippen LogP contribution in [0, 0.1) is 5.92 Å². The average Bonchev–Trinajstić information content (AvgIpc) is 2.83. The van der Waals surface area contributed by atoms with Crippen LogP contribution < -0.4 is 15.6 Å². The number of aromatic nitrogens is 2. The van der Waals surface area contributed by atoms with Crippen molar-refractivity contribution in [3.63, 3.8) is 0 Å². The molecule has 0 radical (unpaired) electrons. The monoisotopic (exact) mass is 451 g/mol. The molecule has 6 nitrogen and oxygen atoms in total. The first kappa shape index (κ1) is 22.4. The highest BCUT2D eigenvalue weighted by atomic mass is 32.2. The molecule has 1 aliphatic carbocycles. The number of ether oxygens (including phenoxy) is 1. The van der Waals surface area contributed by atoms with E-state index in [0.717, 1.165) is 6.54 Å². The van der Waals surface area contributed by atoms with Crippen molar-refractivity contribution >= 4 is 28.6 Å². The Balaban J connectivity index is 1.63. The molecule has 0 bridgehead atoms. The SMILES string of the molecule is COc1cccc(-n2c(S[C@H](C)C(=O)NCC3CCCCC3)nc3ccccc3c2=O)c1. The van der Waals surface area contributed by atoms with Crippen LogP contribution in [0.25, 0.3) is 16.6 Å². The summed E-state index contributed by atoms with van der Waals surface area (Å²) in [6.45, 7) is 2.58. The zero-order valence-corrected chi connectivity index (χ0v) is 19.4. The Bertz CT molecular complexity index is 1150. The van der Waals surface area contributed by atoms with Crippen LogP contribution in [-0.4, -0.2) is 34.4 Å². The number of carbonyl (C=O) groups is 1. The molecular weight excluding hydrogens is 422 g/mol. The highest BCUT2D eigenvalue weighted by Gasteiger charge is 2.22. The fourth-order valence-corrected chi connectivity index (χ4v) is 5.11. The molecule has 0 aliphatic heterocycles. The summed E-state index contributed by atoms with van der Waals surface area (Å²) in [6, 6.07) is 14.6. The number of nitrogens with one attached hydrogen (secondary N) is 1. The molecule has 1 atom stereocenters. The lowest BCUT2D eigenvalue weighted by molar-refractivity contribution is -0.120. The highest BCUT2D eigenvalue weighted by molar-refractivity contribution is 8.00. The van der Waals surface area contributed by atoms with Gasteiger partial charge in [-0.25, -0.2) is 4.98 Å². The Labute approximate surface area is 192 Å². The predicted octanol–water partition coefficient (Wildman–Crippen LogP) is 4.57. The van der Waals surface area contributed by atoms with Gasteiger partial charge in [-0.3, -0.25) is 14.2 Å². The van der Waals surface area contributed by atoms with E-state index in [4.69, 9.17) is 9.72 Å². The molecule has 1 saturated carbocycles. The van der Waals surface area contributed by atoms with E-state index in [0.29, 0.717) is 33.4 Å². The lowest BCUT2D eigenvalue weighted by Gasteiger charge is -2.22. The Hall–Kier alpha value is -2.80. The Kier molecular flexibility index (Phi) is 7.15. The molecule has 1 fully saturated rings. The molecule has 3 aromatic rings. The van der Waals surface area contributed by atoms with Gasteiger partial charge in [-0.05, 0) is 49.9 Å². The van der Waals surface area contributed by atoms with Crippen molar-refractivity contribution in [1.82, 2.24) is 14.9 Å². The smallest absolute Gasteiger partial charge is 0.266 e. The molecule has 0 unspecified atom stereocenters. The molecule has 4 rings (SSSR count). The van der Waals surface area contributed by atoms with Crippen molar-refractivity contribution in [3.8, 4) is 11.4 Å². The number of hydrogen-bond donors (Lipinski definition) is 1. The molecule has 1 heterocycles. The Morgan fingerprint density at radius 2 is 1.97 bits per heavy atom. The molecule has 1 amide bonds. The third-order valence-electron chi connectivity index (χ3n) is 6.00. The number of para-hydroxylation sites is 1. The summed E-state index contributed by atoms with van der Waals surface area (Å²) in [6.07, 6.45) is 6.16. The molecular formula is C25H29N3O3S. The Morgan fingerprint density at radius 3 is 2.75 bits per heavy atom. The summed E-state index contributed by atoms with van der Waals surface area (Å²) < 4.78 is 6.92. The van der Waals surface area contributed by atoms with E-state index in [2.05, 4.69) is 5.32 Å². The first-order valence-electron chi connectivity index (χ1n) is 11.2. The molecule has 1 N–H and O–H groups in total. The number of fused-ring (bicyclic) bond motifs is 1. The summed E-state index contributed by atoms with van der Waals surface area (Å²) in [5.41, 5.74) is 1.11. The molecule has 0 spiro atoms. The number of thioether (sulfide) groups is 1. The number of rotatable bonds is 7. The second-order valence-electron chi connectivity index (χ2n) is 8.26. The van der Waals surface area contributed by atoms with Crippen LogP contribution in [0.4, 0.5) is 0 Å². The fourth-order valence-electron chi connectivity index (χ4n) is 4.16. The first-order chi connectivity index (χ1) is 15.6. The number of hydrogen-bond acceptors (Lipinski definition) is 5. The summed E-state index contributed by atoms with van der Waals surface area (Å²) >= 11 is 1.30. The highest BCUT2D eigenvalue weighted by Crippen LogP contribution is 2.27. The van der Waals surface area contributed by atoms with Crippen molar-refractivity contribution in [2.75, 3.05) is 13.7 Å². The summed E-state index contributed by atoms with van der Waals surface area (Å²) in [5, 5.41) is 3.75. The second kappa shape index (κ2) is 10.2. The van der Waals surface area contributed by atoms with Crippen LogP contribution in [-0.2, 0) is 4.79 Å². The van der Waals surface area contributed by atoms with E-state index in [9.17, 15) is 9.59 Å². The van der Waals surface area contributed by atoms with Gasteiger partial charge in [0.05, 0.1) is 29.0 Å². The van der Waals surface area contributed by atoms with Crippen LogP contribution in [0.1, 0.15) is 39.0 Å². The van der Waals surface area contributed by atoms with Crippen molar-refractivity contribution in [2.24, 2.45) is 5.92 Å². The number of amides is 1. The quantitative estimate of drug-likeness (QED) is 0.421. The minimum absolute atomic E-state index is 0.0276.